The Morgan fingerprint density at radius 2 is 1.29 bits per heavy atom. The van der Waals surface area contributed by atoms with Gasteiger partial charge in [0.05, 0.1) is 41.3 Å². The van der Waals surface area contributed by atoms with Gasteiger partial charge in [-0.3, -0.25) is 9.97 Å². The number of nitrogens with one attached hydrogen (secondary N) is 1. The van der Waals surface area contributed by atoms with Crippen molar-refractivity contribution in [2.24, 2.45) is 47.3 Å². The molecular weight excluding hydrogens is 743 g/mol. The van der Waals surface area contributed by atoms with Crippen LogP contribution in [0.1, 0.15) is 75.9 Å². The minimum absolute atomic E-state index is 0.0320. The second kappa shape index (κ2) is 19.2. The van der Waals surface area contributed by atoms with Crippen LogP contribution in [0.15, 0.2) is 97.3 Å². The van der Waals surface area contributed by atoms with Crippen LogP contribution in [-0.2, 0) is 10.0 Å². The summed E-state index contributed by atoms with van der Waals surface area (Å²) in [7, 11) is -4.01. The molecule has 0 amide bonds. The molecule has 302 valence electrons. The predicted molar refractivity (Wildman–Crippen MR) is 230 cm³/mol. The molecule has 2 heterocycles. The van der Waals surface area contributed by atoms with Gasteiger partial charge in [-0.1, -0.05) is 94.8 Å². The summed E-state index contributed by atoms with van der Waals surface area (Å²) in [4.78, 5) is 9.33. The Hall–Kier alpha value is -4.97. The number of nitriles is 2. The van der Waals surface area contributed by atoms with E-state index >= 15 is 0 Å². The third kappa shape index (κ3) is 9.49. The first-order valence-corrected chi connectivity index (χ1v) is 22.0. The monoisotopic (exact) mass is 797 g/mol. The second-order valence-corrected chi connectivity index (χ2v) is 18.4. The van der Waals surface area contributed by atoms with Gasteiger partial charge in [0.2, 0.25) is 10.0 Å². The molecule has 10 heteroatoms. The molecule has 2 aliphatic rings. The molecule has 6 rings (SSSR count). The van der Waals surface area contributed by atoms with Crippen molar-refractivity contribution in [1.29, 1.82) is 10.5 Å². The van der Waals surface area contributed by atoms with Crippen molar-refractivity contribution in [1.82, 2.24) is 14.7 Å². The van der Waals surface area contributed by atoms with Crippen LogP contribution in [0.4, 0.5) is 0 Å². The lowest BCUT2D eigenvalue weighted by molar-refractivity contribution is 0.0916. The Morgan fingerprint density at radius 1 is 0.759 bits per heavy atom. The summed E-state index contributed by atoms with van der Waals surface area (Å²) < 4.78 is 32.2. The number of rotatable bonds is 13. The third-order valence-corrected chi connectivity index (χ3v) is 15.1. The zero-order valence-electron chi connectivity index (χ0n) is 33.8. The molecule has 0 unspecified atom stereocenters. The van der Waals surface area contributed by atoms with Crippen LogP contribution < -0.4 is 4.72 Å². The highest BCUT2D eigenvalue weighted by Crippen LogP contribution is 2.45. The maximum Gasteiger partial charge on any atom is 0.217 e. The molecule has 2 aromatic heterocycles. The van der Waals surface area contributed by atoms with Crippen LogP contribution in [0.5, 0.6) is 0 Å². The molecule has 2 fully saturated rings. The van der Waals surface area contributed by atoms with E-state index in [-0.39, 0.29) is 48.0 Å². The first-order valence-electron chi connectivity index (χ1n) is 20.5. The molecule has 9 nitrogen and oxygen atoms in total. The van der Waals surface area contributed by atoms with Crippen molar-refractivity contribution in [3.63, 3.8) is 0 Å². The van der Waals surface area contributed by atoms with Crippen LogP contribution in [0.2, 0.25) is 0 Å². The van der Waals surface area contributed by atoms with Gasteiger partial charge in [0.15, 0.2) is 0 Å². The van der Waals surface area contributed by atoms with Gasteiger partial charge in [0, 0.05) is 47.3 Å². The first-order chi connectivity index (χ1) is 28.0. The average Bonchev–Trinajstić information content (AvgIpc) is 3.24. The Balaban J connectivity index is 1.21. The lowest BCUT2D eigenvalue weighted by Crippen LogP contribution is -2.54. The van der Waals surface area contributed by atoms with Gasteiger partial charge >= 0.3 is 0 Å². The number of pyridine rings is 2. The molecule has 2 saturated carbocycles. The van der Waals surface area contributed by atoms with E-state index in [2.05, 4.69) is 66.7 Å². The van der Waals surface area contributed by atoms with Crippen LogP contribution in [0.25, 0.3) is 34.4 Å². The van der Waals surface area contributed by atoms with Crippen molar-refractivity contribution in [3.8, 4) is 34.4 Å². The maximum absolute atomic E-state index is 14.5. The Labute approximate surface area is 344 Å². The topological polar surface area (TPSA) is 160 Å². The number of hydrogen-bond donors (Lipinski definition) is 3. The molecule has 2 aromatic carbocycles. The van der Waals surface area contributed by atoms with E-state index in [1.807, 2.05) is 72.8 Å². The molecule has 0 radical (unpaired) electrons. The molecule has 10 atom stereocenters. The van der Waals surface area contributed by atoms with Crippen molar-refractivity contribution in [2.45, 2.75) is 64.7 Å². The highest BCUT2D eigenvalue weighted by molar-refractivity contribution is 7.90. The number of sulfonamides is 1. The number of nitrogens with zero attached hydrogens (tertiary/aromatic N) is 4. The van der Waals surface area contributed by atoms with Crippen LogP contribution in [0, 0.1) is 70.0 Å². The van der Waals surface area contributed by atoms with Crippen molar-refractivity contribution in [2.75, 3.05) is 13.2 Å². The van der Waals surface area contributed by atoms with E-state index in [0.29, 0.717) is 36.3 Å². The van der Waals surface area contributed by atoms with Crippen LogP contribution >= 0.6 is 0 Å². The van der Waals surface area contributed by atoms with Gasteiger partial charge in [0.25, 0.3) is 0 Å². The molecule has 2 aliphatic carbocycles. The number of aliphatic hydroxyl groups is 2. The van der Waals surface area contributed by atoms with Crippen molar-refractivity contribution in [3.05, 3.63) is 120 Å². The third-order valence-electron chi connectivity index (χ3n) is 13.2. The fourth-order valence-electron chi connectivity index (χ4n) is 9.43. The zero-order valence-corrected chi connectivity index (χ0v) is 34.6. The number of hydrogen-bond acceptors (Lipinski definition) is 8. The van der Waals surface area contributed by atoms with Crippen LogP contribution in [-0.4, -0.2) is 53.1 Å². The van der Waals surface area contributed by atoms with Gasteiger partial charge in [-0.05, 0) is 103 Å². The number of allylic oxidation sites excluding steroid dienone is 2. The molecular formula is C48H55N5O4S. The van der Waals surface area contributed by atoms with Crippen molar-refractivity contribution < 1.29 is 18.6 Å². The van der Waals surface area contributed by atoms with E-state index in [9.17, 15) is 29.2 Å². The van der Waals surface area contributed by atoms with E-state index in [0.717, 1.165) is 40.1 Å². The summed E-state index contributed by atoms with van der Waals surface area (Å²) in [6.07, 6.45) is 14.2. The van der Waals surface area contributed by atoms with Gasteiger partial charge in [-0.25, -0.2) is 13.1 Å². The Bertz CT molecular complexity index is 2260. The van der Waals surface area contributed by atoms with E-state index in [4.69, 9.17) is 0 Å². The normalized spacial score (nSPS) is 26.9. The van der Waals surface area contributed by atoms with Crippen LogP contribution in [0.3, 0.4) is 0 Å². The summed E-state index contributed by atoms with van der Waals surface area (Å²) in [6.45, 7) is 8.14. The average molecular weight is 798 g/mol. The van der Waals surface area contributed by atoms with E-state index < -0.39 is 27.9 Å². The first kappa shape index (κ1) is 42.6. The van der Waals surface area contributed by atoms with Gasteiger partial charge in [0.1, 0.15) is 5.25 Å². The van der Waals surface area contributed by atoms with Gasteiger partial charge in [-0.2, -0.15) is 10.5 Å². The highest BCUT2D eigenvalue weighted by atomic mass is 32.2. The minimum atomic E-state index is -4.01. The SMILES string of the molecule is C[C@H]1[C@H](/C=C/c2ccc(-c3ccccc3C#N)cn2)[C@H]([C@@H](CO)S(=O)(=O)N[C@@H]2C[C@H](C)[C@@H](C)[C@H](/C=C/c3ccc(-c4ccccc4C#N)cn3)[C@@H]2CCO)CC[C@@H]1C. The van der Waals surface area contributed by atoms with Crippen molar-refractivity contribution >= 4 is 22.2 Å². The number of benzene rings is 2. The zero-order chi connectivity index (χ0) is 41.4. The van der Waals surface area contributed by atoms with Gasteiger partial charge < -0.3 is 10.2 Å². The summed E-state index contributed by atoms with van der Waals surface area (Å²) in [5.74, 6) is 0.350. The smallest absolute Gasteiger partial charge is 0.217 e. The molecule has 3 N–H and O–H groups in total. The number of aliphatic hydroxyl groups excluding tert-OH is 2. The summed E-state index contributed by atoms with van der Waals surface area (Å²) in [6, 6.07) is 26.6. The minimum Gasteiger partial charge on any atom is -0.396 e. The molecule has 0 aliphatic heterocycles. The number of aromatic nitrogens is 2. The van der Waals surface area contributed by atoms with E-state index in [1.54, 1.807) is 24.5 Å². The predicted octanol–water partition coefficient (Wildman–Crippen LogP) is 8.52. The standard InChI is InChI=1S/C48H55N5O4S/c1-31-13-20-46(42(33(31)3)22-19-40-17-15-38(29-52-40)44-12-8-6-10-36(44)27-50)48(30-55)58(56,57)53-47-25-32(2)34(4)41(45(47)23-24-54)21-18-39-16-14-37(28-51-39)43-11-7-5-9-35(43)26-49/h5-12,14-19,21-22,28-29,31-34,41-42,45-48,53-55H,13,20,23-25,30H2,1-4H3/b21-18+,22-19+/t31-,32-,33+,34+,41-,42-,45-,46+,47+,48+/m0/s1. The Morgan fingerprint density at radius 3 is 1.79 bits per heavy atom. The lowest BCUT2D eigenvalue weighted by atomic mass is 9.64. The van der Waals surface area contributed by atoms with Gasteiger partial charge in [-0.15, -0.1) is 0 Å². The molecule has 58 heavy (non-hydrogen) atoms. The quantitative estimate of drug-likeness (QED) is 0.121. The lowest BCUT2D eigenvalue weighted by Gasteiger charge is -2.46. The fraction of sp³-hybridized carbons (Fsp3) is 0.417. The van der Waals surface area contributed by atoms with E-state index in [1.165, 1.54) is 0 Å². The fourth-order valence-corrected chi connectivity index (χ4v) is 11.3. The highest BCUT2D eigenvalue weighted by Gasteiger charge is 2.46. The molecule has 0 bridgehead atoms. The molecule has 4 aromatic rings. The Kier molecular flexibility index (Phi) is 14.1. The summed E-state index contributed by atoms with van der Waals surface area (Å²) >= 11 is 0. The molecule has 0 saturated heterocycles. The summed E-state index contributed by atoms with van der Waals surface area (Å²) in [5, 5.41) is 39.2. The summed E-state index contributed by atoms with van der Waals surface area (Å²) in [5.41, 5.74) is 5.98. The second-order valence-electron chi connectivity index (χ2n) is 16.4. The largest absolute Gasteiger partial charge is 0.396 e. The molecule has 0 spiro atoms. The maximum atomic E-state index is 14.5.